The van der Waals surface area contributed by atoms with Crippen molar-refractivity contribution >= 4 is 22.6 Å². The molecule has 192 valence electrons. The van der Waals surface area contributed by atoms with Gasteiger partial charge in [0.1, 0.15) is 0 Å². The van der Waals surface area contributed by atoms with Gasteiger partial charge < -0.3 is 18.9 Å². The van der Waals surface area contributed by atoms with Crippen LogP contribution in [0.3, 0.4) is 0 Å². The van der Waals surface area contributed by atoms with Crippen LogP contribution >= 0.6 is 0 Å². The lowest BCUT2D eigenvalue weighted by atomic mass is 9.77. The fraction of sp³-hybridized carbons (Fsp3) is 0.355. The summed E-state index contributed by atoms with van der Waals surface area (Å²) >= 11 is 0. The molecular weight excluding hydrogens is 462 g/mol. The van der Waals surface area contributed by atoms with Gasteiger partial charge in [0, 0.05) is 71.4 Å². The Morgan fingerprint density at radius 3 is 2.51 bits per heavy atom. The molecule has 0 spiro atoms. The molecule has 0 N–H and O–H groups in total. The van der Waals surface area contributed by atoms with Crippen molar-refractivity contribution in [3.63, 3.8) is 0 Å². The summed E-state index contributed by atoms with van der Waals surface area (Å²) in [5.41, 5.74) is 6.38. The second-order valence-corrected chi connectivity index (χ2v) is 9.47. The van der Waals surface area contributed by atoms with Crippen LogP contribution in [-0.2, 0) is 21.6 Å². The molecule has 0 saturated heterocycles. The van der Waals surface area contributed by atoms with E-state index in [0.717, 1.165) is 57.6 Å². The van der Waals surface area contributed by atoms with Gasteiger partial charge in [-0.3, -0.25) is 0 Å². The highest BCUT2D eigenvalue weighted by molar-refractivity contribution is 5.97. The van der Waals surface area contributed by atoms with E-state index in [1.165, 1.54) is 0 Å². The van der Waals surface area contributed by atoms with Crippen molar-refractivity contribution in [2.24, 2.45) is 0 Å². The predicted molar refractivity (Wildman–Crippen MR) is 147 cm³/mol. The first-order valence-electron chi connectivity index (χ1n) is 13.2. The number of para-hydroxylation sites is 1. The maximum Gasteiger partial charge on any atom is 0.358 e. The molecule has 1 aliphatic heterocycles. The molecule has 0 saturated carbocycles. The molecule has 6 nitrogen and oxygen atoms in total. The molecule has 4 aromatic rings. The highest BCUT2D eigenvalue weighted by Crippen LogP contribution is 2.51. The summed E-state index contributed by atoms with van der Waals surface area (Å²) in [5, 5.41) is 1.06. The number of cyclic esters (lactones) is 1. The summed E-state index contributed by atoms with van der Waals surface area (Å²) in [7, 11) is 0. The molecule has 6 heteroatoms. The number of pyridine rings is 1. The van der Waals surface area contributed by atoms with Gasteiger partial charge in [0.05, 0.1) is 6.61 Å². The van der Waals surface area contributed by atoms with E-state index in [1.807, 2.05) is 25.1 Å². The number of hydrogen-bond acceptors (Lipinski definition) is 5. The Morgan fingerprint density at radius 2 is 1.78 bits per heavy atom. The van der Waals surface area contributed by atoms with E-state index in [9.17, 15) is 4.79 Å². The van der Waals surface area contributed by atoms with E-state index in [2.05, 4.69) is 78.5 Å². The van der Waals surface area contributed by atoms with E-state index in [1.54, 1.807) is 6.20 Å². The number of carbonyl (C=O) groups excluding carboxylic acids is 1. The first kappa shape index (κ1) is 25.0. The number of hydrogen-bond donors (Lipinski definition) is 0. The minimum absolute atomic E-state index is 0.375. The number of fused-ring (bicyclic) bond motifs is 2. The zero-order valence-corrected chi connectivity index (χ0v) is 22.4. The summed E-state index contributed by atoms with van der Waals surface area (Å²) < 4.78 is 14.5. The van der Waals surface area contributed by atoms with Crippen LogP contribution in [0.1, 0.15) is 59.2 Å². The monoisotopic (exact) mass is 497 g/mol. The molecule has 0 aliphatic carbocycles. The Kier molecular flexibility index (Phi) is 6.78. The van der Waals surface area contributed by atoms with Gasteiger partial charge in [-0.05, 0) is 64.4 Å². The number of aryl methyl sites for hydroxylation is 1. The highest BCUT2D eigenvalue weighted by atomic mass is 16.6. The molecule has 2 aromatic carbocycles. The Morgan fingerprint density at radius 1 is 1.00 bits per heavy atom. The third-order valence-electron chi connectivity index (χ3n) is 7.59. The molecule has 0 bridgehead atoms. The van der Waals surface area contributed by atoms with Crippen molar-refractivity contribution in [3.05, 3.63) is 94.4 Å². The molecule has 0 radical (unpaired) electrons. The van der Waals surface area contributed by atoms with E-state index in [0.29, 0.717) is 25.5 Å². The summed E-state index contributed by atoms with van der Waals surface area (Å²) in [6, 6.07) is 18.7. The molecule has 1 unspecified atom stereocenters. The van der Waals surface area contributed by atoms with Gasteiger partial charge >= 0.3 is 5.97 Å². The van der Waals surface area contributed by atoms with Crippen molar-refractivity contribution < 1.29 is 14.3 Å². The van der Waals surface area contributed by atoms with Crippen LogP contribution in [0.15, 0.2) is 60.8 Å². The summed E-state index contributed by atoms with van der Waals surface area (Å²) in [6.07, 6.45) is 1.66. The van der Waals surface area contributed by atoms with Gasteiger partial charge in [-0.1, -0.05) is 30.3 Å². The van der Waals surface area contributed by atoms with E-state index < -0.39 is 11.6 Å². The van der Waals surface area contributed by atoms with Crippen molar-refractivity contribution in [2.45, 2.75) is 46.8 Å². The largest absolute Gasteiger partial charge is 0.439 e. The molecule has 1 atom stereocenters. The van der Waals surface area contributed by atoms with E-state index in [-0.39, 0.29) is 0 Å². The number of ether oxygens (including phenoxy) is 2. The lowest BCUT2D eigenvalue weighted by molar-refractivity contribution is 0.0249. The smallest absolute Gasteiger partial charge is 0.358 e. The lowest BCUT2D eigenvalue weighted by Gasteiger charge is -2.33. The molecule has 37 heavy (non-hydrogen) atoms. The number of aromatic nitrogens is 2. The summed E-state index contributed by atoms with van der Waals surface area (Å²) in [5.74, 6) is -0.395. The maximum absolute atomic E-state index is 13.4. The Hall–Kier alpha value is -3.64. The molecule has 3 heterocycles. The quantitative estimate of drug-likeness (QED) is 0.210. The number of esters is 1. The van der Waals surface area contributed by atoms with Gasteiger partial charge in [-0.15, -0.1) is 0 Å². The molecule has 0 amide bonds. The highest BCUT2D eigenvalue weighted by Gasteiger charge is 2.52. The maximum atomic E-state index is 13.4. The molecule has 2 aromatic heterocycles. The van der Waals surface area contributed by atoms with Crippen LogP contribution in [0.25, 0.3) is 10.9 Å². The standard InChI is InChI=1S/C31H35N3O3/c1-6-33(7-2)23-15-16-25(21(4)20-23)31(26-13-11-17-32-29(26)30(35)37-31)28-22(5)34(18-19-36-8-3)27-14-10-9-12-24(27)28/h9-17,20H,6-8,18-19H2,1-5H3. The number of benzene rings is 2. The molecular formula is C31H35N3O3. The second-order valence-electron chi connectivity index (χ2n) is 9.47. The number of rotatable bonds is 9. The third-order valence-corrected chi connectivity index (χ3v) is 7.59. The van der Waals surface area contributed by atoms with Crippen molar-refractivity contribution in [1.82, 2.24) is 9.55 Å². The first-order valence-corrected chi connectivity index (χ1v) is 13.2. The minimum atomic E-state index is -1.10. The molecule has 5 rings (SSSR count). The van der Waals surface area contributed by atoms with Crippen LogP contribution in [0.4, 0.5) is 5.69 Å². The van der Waals surface area contributed by atoms with Gasteiger partial charge in [0.25, 0.3) is 0 Å². The minimum Gasteiger partial charge on any atom is -0.439 e. The Balaban J connectivity index is 1.82. The average Bonchev–Trinajstić information content (AvgIpc) is 3.36. The molecule has 1 aliphatic rings. The Bertz CT molecular complexity index is 1450. The van der Waals surface area contributed by atoms with Crippen LogP contribution in [-0.4, -0.2) is 41.8 Å². The molecule has 0 fully saturated rings. The van der Waals surface area contributed by atoms with E-state index in [4.69, 9.17) is 9.47 Å². The van der Waals surface area contributed by atoms with Crippen LogP contribution in [0, 0.1) is 13.8 Å². The zero-order valence-electron chi connectivity index (χ0n) is 22.4. The topological polar surface area (TPSA) is 56.6 Å². The fourth-order valence-corrected chi connectivity index (χ4v) is 5.91. The number of carbonyl (C=O) groups is 1. The van der Waals surface area contributed by atoms with Crippen LogP contribution in [0.5, 0.6) is 0 Å². The van der Waals surface area contributed by atoms with Gasteiger partial charge in [0.2, 0.25) is 0 Å². The van der Waals surface area contributed by atoms with Crippen molar-refractivity contribution in [1.29, 1.82) is 0 Å². The normalized spacial score (nSPS) is 16.7. The first-order chi connectivity index (χ1) is 18.0. The summed E-state index contributed by atoms with van der Waals surface area (Å²) in [4.78, 5) is 20.1. The van der Waals surface area contributed by atoms with Crippen LogP contribution in [0.2, 0.25) is 0 Å². The number of nitrogens with zero attached hydrogens (tertiary/aromatic N) is 3. The Labute approximate surface area is 218 Å². The summed E-state index contributed by atoms with van der Waals surface area (Å²) in [6.45, 7) is 14.4. The second kappa shape index (κ2) is 10.0. The SMILES string of the molecule is CCOCCn1c(C)c(C2(c3ccc(N(CC)CC)cc3C)OC(=O)c3ncccc32)c2ccccc21. The van der Waals surface area contributed by atoms with Crippen molar-refractivity contribution in [2.75, 3.05) is 31.2 Å². The van der Waals surface area contributed by atoms with Gasteiger partial charge in [-0.2, -0.15) is 0 Å². The van der Waals surface area contributed by atoms with Gasteiger partial charge in [-0.25, -0.2) is 9.78 Å². The third kappa shape index (κ3) is 3.91. The lowest BCUT2D eigenvalue weighted by Crippen LogP contribution is -2.32. The zero-order chi connectivity index (χ0) is 26.2. The average molecular weight is 498 g/mol. The van der Waals surface area contributed by atoms with Crippen molar-refractivity contribution in [3.8, 4) is 0 Å². The van der Waals surface area contributed by atoms with Crippen LogP contribution < -0.4 is 4.90 Å². The van der Waals surface area contributed by atoms with E-state index >= 15 is 0 Å². The number of anilines is 1. The fourth-order valence-electron chi connectivity index (χ4n) is 5.91. The predicted octanol–water partition coefficient (Wildman–Crippen LogP) is 6.00. The van der Waals surface area contributed by atoms with Gasteiger partial charge in [0.15, 0.2) is 11.3 Å².